The van der Waals surface area contributed by atoms with Crippen LogP contribution in [0, 0.1) is 19.7 Å². The van der Waals surface area contributed by atoms with E-state index in [9.17, 15) is 4.39 Å². The van der Waals surface area contributed by atoms with Crippen LogP contribution in [0.4, 0.5) is 4.39 Å². The van der Waals surface area contributed by atoms with E-state index in [1.54, 1.807) is 6.07 Å². The minimum absolute atomic E-state index is 0.218. The van der Waals surface area contributed by atoms with E-state index >= 15 is 0 Å². The predicted molar refractivity (Wildman–Crippen MR) is 83.1 cm³/mol. The predicted octanol–water partition coefficient (Wildman–Crippen LogP) is 5.09. The van der Waals surface area contributed by atoms with Gasteiger partial charge in [0.25, 0.3) is 0 Å². The van der Waals surface area contributed by atoms with Gasteiger partial charge in [-0.3, -0.25) is 0 Å². The Balaban J connectivity index is 1.96. The molecule has 1 nitrogen and oxygen atoms in total. The minimum Gasteiger partial charge on any atom is -0.360 e. The van der Waals surface area contributed by atoms with Crippen molar-refractivity contribution in [2.24, 2.45) is 0 Å². The highest BCUT2D eigenvalue weighted by molar-refractivity contribution is 5.91. The molecular weight excluding hydrogens is 249 g/mol. The molecule has 0 bridgehead atoms. The number of aromatic amines is 1. The first-order valence-electron chi connectivity index (χ1n) is 6.65. The Morgan fingerprint density at radius 1 is 0.950 bits per heavy atom. The van der Waals surface area contributed by atoms with Gasteiger partial charge in [0.1, 0.15) is 5.82 Å². The summed E-state index contributed by atoms with van der Waals surface area (Å²) in [6.45, 7) is 4.22. The lowest BCUT2D eigenvalue weighted by atomic mass is 10.1. The monoisotopic (exact) mass is 265 g/mol. The van der Waals surface area contributed by atoms with Gasteiger partial charge in [-0.05, 0) is 54.3 Å². The van der Waals surface area contributed by atoms with Gasteiger partial charge >= 0.3 is 0 Å². The van der Waals surface area contributed by atoms with Crippen LogP contribution >= 0.6 is 0 Å². The van der Waals surface area contributed by atoms with E-state index in [2.05, 4.69) is 49.2 Å². The quantitative estimate of drug-likeness (QED) is 0.664. The molecule has 1 N–H and O–H groups in total. The molecule has 1 aromatic heterocycles. The Morgan fingerprint density at radius 3 is 2.60 bits per heavy atom. The normalized spacial score (nSPS) is 11.6. The average Bonchev–Trinajstić information content (AvgIpc) is 2.82. The summed E-state index contributed by atoms with van der Waals surface area (Å²) in [5.41, 5.74) is 5.64. The zero-order chi connectivity index (χ0) is 14.1. The Kier molecular flexibility index (Phi) is 3.15. The minimum atomic E-state index is -0.218. The van der Waals surface area contributed by atoms with Crippen LogP contribution in [-0.4, -0.2) is 4.98 Å². The summed E-state index contributed by atoms with van der Waals surface area (Å²) in [6, 6.07) is 11.2. The Labute approximate surface area is 117 Å². The van der Waals surface area contributed by atoms with Crippen molar-refractivity contribution in [1.82, 2.24) is 4.98 Å². The van der Waals surface area contributed by atoms with Gasteiger partial charge in [0.2, 0.25) is 0 Å². The number of H-pyrrole nitrogens is 1. The molecule has 0 aliphatic carbocycles. The van der Waals surface area contributed by atoms with Crippen molar-refractivity contribution in [3.63, 3.8) is 0 Å². The molecule has 3 rings (SSSR count). The largest absolute Gasteiger partial charge is 0.360 e. The molecule has 0 unspecified atom stereocenters. The summed E-state index contributed by atoms with van der Waals surface area (Å²) >= 11 is 0. The first kappa shape index (κ1) is 12.7. The van der Waals surface area contributed by atoms with Crippen LogP contribution in [0.2, 0.25) is 0 Å². The van der Waals surface area contributed by atoms with Crippen LogP contribution in [0.5, 0.6) is 0 Å². The molecular formula is C18H16FN. The lowest BCUT2D eigenvalue weighted by molar-refractivity contribution is 0.629. The van der Waals surface area contributed by atoms with Crippen LogP contribution in [0.15, 0.2) is 42.6 Å². The van der Waals surface area contributed by atoms with Crippen LogP contribution in [0.3, 0.4) is 0 Å². The standard InChI is InChI=1S/C18H16FN/c1-12-3-4-14(9-13(12)2)5-6-15-11-20-18-10-16(19)7-8-17(15)18/h3-11,20H,1-2H3/b6-5+. The number of aromatic nitrogens is 1. The van der Waals surface area contributed by atoms with Gasteiger partial charge in [0, 0.05) is 17.1 Å². The summed E-state index contributed by atoms with van der Waals surface area (Å²) in [5.74, 6) is -0.218. The number of rotatable bonds is 2. The van der Waals surface area contributed by atoms with Gasteiger partial charge in [0.15, 0.2) is 0 Å². The second kappa shape index (κ2) is 4.97. The molecule has 0 radical (unpaired) electrons. The summed E-state index contributed by atoms with van der Waals surface area (Å²) in [5, 5.41) is 1.03. The highest BCUT2D eigenvalue weighted by Gasteiger charge is 2.01. The van der Waals surface area contributed by atoms with E-state index in [1.807, 2.05) is 6.20 Å². The van der Waals surface area contributed by atoms with Crippen molar-refractivity contribution >= 4 is 23.1 Å². The Hall–Kier alpha value is -2.35. The third kappa shape index (κ3) is 2.37. The van der Waals surface area contributed by atoms with Gasteiger partial charge in [-0.1, -0.05) is 30.4 Å². The molecule has 0 spiro atoms. The third-order valence-electron chi connectivity index (χ3n) is 3.66. The maximum Gasteiger partial charge on any atom is 0.125 e. The van der Waals surface area contributed by atoms with E-state index in [0.29, 0.717) is 0 Å². The molecule has 0 fully saturated rings. The zero-order valence-electron chi connectivity index (χ0n) is 11.6. The second-order valence-electron chi connectivity index (χ2n) is 5.11. The van der Waals surface area contributed by atoms with Crippen molar-refractivity contribution in [3.05, 3.63) is 70.7 Å². The fourth-order valence-corrected chi connectivity index (χ4v) is 2.31. The fraction of sp³-hybridized carbons (Fsp3) is 0.111. The molecule has 100 valence electrons. The fourth-order valence-electron chi connectivity index (χ4n) is 2.31. The highest BCUT2D eigenvalue weighted by atomic mass is 19.1. The number of hydrogen-bond acceptors (Lipinski definition) is 0. The average molecular weight is 265 g/mol. The van der Waals surface area contributed by atoms with Gasteiger partial charge in [0.05, 0.1) is 0 Å². The van der Waals surface area contributed by atoms with E-state index in [1.165, 1.54) is 28.8 Å². The highest BCUT2D eigenvalue weighted by Crippen LogP contribution is 2.21. The van der Waals surface area contributed by atoms with Gasteiger partial charge in [-0.2, -0.15) is 0 Å². The SMILES string of the molecule is Cc1ccc(/C=C/c2c[nH]c3cc(F)ccc23)cc1C. The first-order chi connectivity index (χ1) is 9.63. The van der Waals surface area contributed by atoms with E-state index in [0.717, 1.165) is 16.5 Å². The molecule has 0 aliphatic rings. The Morgan fingerprint density at radius 2 is 1.80 bits per heavy atom. The summed E-state index contributed by atoms with van der Waals surface area (Å²) in [7, 11) is 0. The number of benzene rings is 2. The number of fused-ring (bicyclic) bond motifs is 1. The third-order valence-corrected chi connectivity index (χ3v) is 3.66. The molecule has 1 heterocycles. The molecule has 2 aromatic carbocycles. The first-order valence-corrected chi connectivity index (χ1v) is 6.65. The van der Waals surface area contributed by atoms with Crippen molar-refractivity contribution in [2.75, 3.05) is 0 Å². The molecule has 0 saturated carbocycles. The molecule has 2 heteroatoms. The molecule has 0 atom stereocenters. The summed E-state index contributed by atoms with van der Waals surface area (Å²) < 4.78 is 13.1. The van der Waals surface area contributed by atoms with Gasteiger partial charge in [-0.15, -0.1) is 0 Å². The molecule has 20 heavy (non-hydrogen) atoms. The van der Waals surface area contributed by atoms with Gasteiger partial charge < -0.3 is 4.98 Å². The molecule has 3 aromatic rings. The topological polar surface area (TPSA) is 15.8 Å². The van der Waals surface area contributed by atoms with Crippen LogP contribution in [-0.2, 0) is 0 Å². The molecule has 0 amide bonds. The number of aryl methyl sites for hydroxylation is 2. The van der Waals surface area contributed by atoms with Crippen molar-refractivity contribution in [1.29, 1.82) is 0 Å². The Bertz CT molecular complexity index is 796. The van der Waals surface area contributed by atoms with Crippen molar-refractivity contribution in [3.8, 4) is 0 Å². The molecule has 0 saturated heterocycles. The van der Waals surface area contributed by atoms with Crippen LogP contribution < -0.4 is 0 Å². The number of hydrogen-bond donors (Lipinski definition) is 1. The summed E-state index contributed by atoms with van der Waals surface area (Å²) in [4.78, 5) is 3.09. The van der Waals surface area contributed by atoms with E-state index in [4.69, 9.17) is 0 Å². The summed E-state index contributed by atoms with van der Waals surface area (Å²) in [6.07, 6.45) is 6.04. The molecule has 0 aliphatic heterocycles. The van der Waals surface area contributed by atoms with Crippen LogP contribution in [0.25, 0.3) is 23.1 Å². The second-order valence-corrected chi connectivity index (χ2v) is 5.11. The zero-order valence-corrected chi connectivity index (χ0v) is 11.6. The van der Waals surface area contributed by atoms with Crippen molar-refractivity contribution in [2.45, 2.75) is 13.8 Å². The maximum absolute atomic E-state index is 13.1. The maximum atomic E-state index is 13.1. The van der Waals surface area contributed by atoms with Gasteiger partial charge in [-0.25, -0.2) is 4.39 Å². The van der Waals surface area contributed by atoms with E-state index < -0.39 is 0 Å². The number of halogens is 1. The smallest absolute Gasteiger partial charge is 0.125 e. The van der Waals surface area contributed by atoms with Crippen molar-refractivity contribution < 1.29 is 4.39 Å². The lowest BCUT2D eigenvalue weighted by Gasteiger charge is -2.00. The number of nitrogens with one attached hydrogen (secondary N) is 1. The van der Waals surface area contributed by atoms with Crippen LogP contribution in [0.1, 0.15) is 22.3 Å². The van der Waals surface area contributed by atoms with E-state index in [-0.39, 0.29) is 5.82 Å². The lowest BCUT2D eigenvalue weighted by Crippen LogP contribution is -1.81.